The Kier molecular flexibility index (Phi) is 3.86. The highest BCUT2D eigenvalue weighted by atomic mass is 16.5. The highest BCUT2D eigenvalue weighted by Gasteiger charge is 2.15. The molecule has 4 heteroatoms. The van der Waals surface area contributed by atoms with Gasteiger partial charge in [-0.05, 0) is 37.3 Å². The van der Waals surface area contributed by atoms with Crippen molar-refractivity contribution >= 4 is 33.5 Å². The number of nitrogens with one attached hydrogen (secondary N) is 1. The average molecular weight is 331 g/mol. The molecule has 1 aromatic heterocycles. The maximum atomic E-state index is 12.4. The Labute approximate surface area is 145 Å². The van der Waals surface area contributed by atoms with Crippen LogP contribution in [0.15, 0.2) is 77.2 Å². The van der Waals surface area contributed by atoms with Gasteiger partial charge in [-0.3, -0.25) is 4.79 Å². The van der Waals surface area contributed by atoms with Crippen molar-refractivity contribution in [3.05, 3.63) is 72.8 Å². The van der Waals surface area contributed by atoms with Crippen molar-refractivity contribution in [1.82, 2.24) is 0 Å². The van der Waals surface area contributed by atoms with E-state index in [0.717, 1.165) is 21.9 Å². The van der Waals surface area contributed by atoms with Crippen LogP contribution in [0.2, 0.25) is 0 Å². The van der Waals surface area contributed by atoms with Crippen LogP contribution in [0, 0.1) is 0 Å². The van der Waals surface area contributed by atoms with E-state index in [4.69, 9.17) is 9.15 Å². The van der Waals surface area contributed by atoms with Crippen LogP contribution in [0.25, 0.3) is 21.9 Å². The fourth-order valence-electron chi connectivity index (χ4n) is 2.80. The van der Waals surface area contributed by atoms with E-state index in [2.05, 4.69) is 5.32 Å². The summed E-state index contributed by atoms with van der Waals surface area (Å²) in [5.74, 6) is 0.456. The molecule has 0 saturated heterocycles. The Bertz CT molecular complexity index is 1040. The third kappa shape index (κ3) is 3.06. The molecule has 3 aromatic carbocycles. The standard InChI is InChI=1S/C21H17NO3/c1-14(24-16-7-3-2-4-8-16)21(23)22-15-11-12-18-17-9-5-6-10-19(17)25-20(18)13-15/h2-14H,1H3,(H,22,23)/t14-/m1/s1. The highest BCUT2D eigenvalue weighted by Crippen LogP contribution is 2.30. The third-order valence-corrected chi connectivity index (χ3v) is 4.07. The predicted molar refractivity (Wildman–Crippen MR) is 98.9 cm³/mol. The molecule has 4 aromatic rings. The largest absolute Gasteiger partial charge is 0.481 e. The van der Waals surface area contributed by atoms with E-state index in [-0.39, 0.29) is 5.91 Å². The van der Waals surface area contributed by atoms with Gasteiger partial charge >= 0.3 is 0 Å². The normalized spacial score (nSPS) is 12.2. The summed E-state index contributed by atoms with van der Waals surface area (Å²) in [6, 6.07) is 22.8. The minimum atomic E-state index is -0.603. The molecular weight excluding hydrogens is 314 g/mol. The zero-order valence-corrected chi connectivity index (χ0v) is 13.7. The fraction of sp³-hybridized carbons (Fsp3) is 0.0952. The molecule has 0 aliphatic carbocycles. The van der Waals surface area contributed by atoms with Crippen molar-refractivity contribution in [1.29, 1.82) is 0 Å². The lowest BCUT2D eigenvalue weighted by atomic mass is 10.1. The molecule has 0 aliphatic heterocycles. The molecule has 0 radical (unpaired) electrons. The average Bonchev–Trinajstić information content (AvgIpc) is 3.00. The molecule has 1 heterocycles. The van der Waals surface area contributed by atoms with Gasteiger partial charge in [0.05, 0.1) is 0 Å². The Hall–Kier alpha value is -3.27. The summed E-state index contributed by atoms with van der Waals surface area (Å²) in [6.45, 7) is 1.72. The molecule has 1 N–H and O–H groups in total. The van der Waals surface area contributed by atoms with Crippen LogP contribution in [0.3, 0.4) is 0 Å². The van der Waals surface area contributed by atoms with Crippen LogP contribution in [-0.2, 0) is 4.79 Å². The molecule has 0 aliphatic rings. The number of amides is 1. The van der Waals surface area contributed by atoms with E-state index in [9.17, 15) is 4.79 Å². The lowest BCUT2D eigenvalue weighted by Gasteiger charge is -2.14. The summed E-state index contributed by atoms with van der Waals surface area (Å²) in [5, 5.41) is 4.97. The summed E-state index contributed by atoms with van der Waals surface area (Å²) in [7, 11) is 0. The van der Waals surface area contributed by atoms with Gasteiger partial charge in [-0.2, -0.15) is 0 Å². The van der Waals surface area contributed by atoms with Crippen molar-refractivity contribution in [2.75, 3.05) is 5.32 Å². The monoisotopic (exact) mass is 331 g/mol. The first-order valence-electron chi connectivity index (χ1n) is 8.14. The Morgan fingerprint density at radius 2 is 1.64 bits per heavy atom. The van der Waals surface area contributed by atoms with E-state index >= 15 is 0 Å². The number of ether oxygens (including phenoxy) is 1. The molecule has 0 spiro atoms. The van der Waals surface area contributed by atoms with Gasteiger partial charge in [0.25, 0.3) is 5.91 Å². The lowest BCUT2D eigenvalue weighted by molar-refractivity contribution is -0.122. The van der Waals surface area contributed by atoms with Crippen LogP contribution in [0.1, 0.15) is 6.92 Å². The lowest BCUT2D eigenvalue weighted by Crippen LogP contribution is -2.30. The SMILES string of the molecule is C[C@@H](Oc1ccccc1)C(=O)Nc1ccc2c(c1)oc1ccccc12. The molecule has 1 atom stereocenters. The highest BCUT2D eigenvalue weighted by molar-refractivity contribution is 6.06. The summed E-state index contributed by atoms with van der Waals surface area (Å²) in [4.78, 5) is 12.4. The molecule has 0 fully saturated rings. The summed E-state index contributed by atoms with van der Waals surface area (Å²) < 4.78 is 11.5. The molecular formula is C21H17NO3. The molecule has 124 valence electrons. The van der Waals surface area contributed by atoms with E-state index in [1.807, 2.05) is 72.8 Å². The van der Waals surface area contributed by atoms with Crippen LogP contribution in [0.5, 0.6) is 5.75 Å². The van der Waals surface area contributed by atoms with E-state index in [1.165, 1.54) is 0 Å². The van der Waals surface area contributed by atoms with Gasteiger partial charge in [0.1, 0.15) is 16.9 Å². The van der Waals surface area contributed by atoms with Crippen molar-refractivity contribution in [2.45, 2.75) is 13.0 Å². The number of fused-ring (bicyclic) bond motifs is 3. The first-order chi connectivity index (χ1) is 12.2. The minimum absolute atomic E-state index is 0.209. The molecule has 1 amide bonds. The second-order valence-corrected chi connectivity index (χ2v) is 5.87. The number of rotatable bonds is 4. The van der Waals surface area contributed by atoms with Gasteiger partial charge in [0, 0.05) is 22.5 Å². The zero-order chi connectivity index (χ0) is 17.2. The Morgan fingerprint density at radius 3 is 2.48 bits per heavy atom. The number of furan rings is 1. The molecule has 0 saturated carbocycles. The number of carbonyl (C=O) groups is 1. The molecule has 0 bridgehead atoms. The molecule has 0 unspecified atom stereocenters. The number of hydrogen-bond acceptors (Lipinski definition) is 3. The van der Waals surface area contributed by atoms with Gasteiger partial charge < -0.3 is 14.5 Å². The maximum absolute atomic E-state index is 12.4. The predicted octanol–water partition coefficient (Wildman–Crippen LogP) is 4.99. The van der Waals surface area contributed by atoms with Crippen LogP contribution < -0.4 is 10.1 Å². The number of benzene rings is 3. The third-order valence-electron chi connectivity index (χ3n) is 4.07. The van der Waals surface area contributed by atoms with Crippen LogP contribution in [-0.4, -0.2) is 12.0 Å². The van der Waals surface area contributed by atoms with Crippen molar-refractivity contribution < 1.29 is 13.9 Å². The number of para-hydroxylation sites is 2. The van der Waals surface area contributed by atoms with E-state index in [0.29, 0.717) is 11.4 Å². The summed E-state index contributed by atoms with van der Waals surface area (Å²) >= 11 is 0. The second kappa shape index (κ2) is 6.32. The Balaban J connectivity index is 1.53. The molecule has 4 nitrogen and oxygen atoms in total. The van der Waals surface area contributed by atoms with Crippen molar-refractivity contribution in [3.8, 4) is 5.75 Å². The van der Waals surface area contributed by atoms with Crippen molar-refractivity contribution in [3.63, 3.8) is 0 Å². The first-order valence-corrected chi connectivity index (χ1v) is 8.14. The smallest absolute Gasteiger partial charge is 0.265 e. The van der Waals surface area contributed by atoms with Gasteiger partial charge in [0.2, 0.25) is 0 Å². The summed E-state index contributed by atoms with van der Waals surface area (Å²) in [6.07, 6.45) is -0.603. The fourth-order valence-corrected chi connectivity index (χ4v) is 2.80. The maximum Gasteiger partial charge on any atom is 0.265 e. The first kappa shape index (κ1) is 15.3. The summed E-state index contributed by atoms with van der Waals surface area (Å²) in [5.41, 5.74) is 2.26. The zero-order valence-electron chi connectivity index (χ0n) is 13.7. The molecule has 4 rings (SSSR count). The minimum Gasteiger partial charge on any atom is -0.481 e. The topological polar surface area (TPSA) is 51.5 Å². The van der Waals surface area contributed by atoms with Gasteiger partial charge in [-0.25, -0.2) is 0 Å². The van der Waals surface area contributed by atoms with Gasteiger partial charge in [0.15, 0.2) is 6.10 Å². The van der Waals surface area contributed by atoms with Gasteiger partial charge in [-0.15, -0.1) is 0 Å². The molecule has 25 heavy (non-hydrogen) atoms. The quantitative estimate of drug-likeness (QED) is 0.573. The number of carbonyl (C=O) groups excluding carboxylic acids is 1. The second-order valence-electron chi connectivity index (χ2n) is 5.87. The van der Waals surface area contributed by atoms with Gasteiger partial charge in [-0.1, -0.05) is 36.4 Å². The van der Waals surface area contributed by atoms with E-state index in [1.54, 1.807) is 6.92 Å². The number of hydrogen-bond donors (Lipinski definition) is 1. The Morgan fingerprint density at radius 1 is 0.920 bits per heavy atom. The van der Waals surface area contributed by atoms with E-state index < -0.39 is 6.10 Å². The van der Waals surface area contributed by atoms with Crippen molar-refractivity contribution in [2.24, 2.45) is 0 Å². The number of anilines is 1. The van der Waals surface area contributed by atoms with Crippen LogP contribution >= 0.6 is 0 Å². The van der Waals surface area contributed by atoms with Crippen LogP contribution in [0.4, 0.5) is 5.69 Å².